The summed E-state index contributed by atoms with van der Waals surface area (Å²) in [5.41, 5.74) is 6.40. The summed E-state index contributed by atoms with van der Waals surface area (Å²) in [6, 6.07) is 17.6. The van der Waals surface area contributed by atoms with Crippen molar-refractivity contribution in [3.63, 3.8) is 0 Å². The van der Waals surface area contributed by atoms with Crippen molar-refractivity contribution in [1.82, 2.24) is 9.97 Å². The third-order valence-electron chi connectivity index (χ3n) is 8.37. The Balaban J connectivity index is 1.34. The number of carbonyl (C=O) groups is 1. The highest BCUT2D eigenvalue weighted by Gasteiger charge is 2.35. The third kappa shape index (κ3) is 7.75. The Morgan fingerprint density at radius 3 is 1.97 bits per heavy atom. The molecule has 0 spiro atoms. The molecule has 1 fully saturated rings. The number of carboxylic acid groups (broad SMARTS) is 1. The lowest BCUT2D eigenvalue weighted by Crippen LogP contribution is -2.22. The fourth-order valence-corrected chi connectivity index (χ4v) is 6.01. The summed E-state index contributed by atoms with van der Waals surface area (Å²) < 4.78 is 0. The number of rotatable bonds is 15. The molecule has 1 aliphatic rings. The van der Waals surface area contributed by atoms with Gasteiger partial charge in [0.1, 0.15) is 0 Å². The molecule has 4 nitrogen and oxygen atoms in total. The van der Waals surface area contributed by atoms with Crippen LogP contribution in [-0.4, -0.2) is 21.0 Å². The number of aromatic nitrogens is 2. The summed E-state index contributed by atoms with van der Waals surface area (Å²) in [4.78, 5) is 20.3. The first-order chi connectivity index (χ1) is 18.6. The molecule has 38 heavy (non-hydrogen) atoms. The molecule has 0 amide bonds. The highest BCUT2D eigenvalue weighted by Crippen LogP contribution is 2.44. The molecular formula is C34H44N2O2. The first-order valence-electron chi connectivity index (χ1n) is 14.8. The minimum atomic E-state index is -0.689. The van der Waals surface area contributed by atoms with Crippen molar-refractivity contribution in [3.05, 3.63) is 72.1 Å². The zero-order valence-electron chi connectivity index (χ0n) is 23.1. The van der Waals surface area contributed by atoms with E-state index in [1.165, 1.54) is 80.0 Å². The molecule has 4 rings (SSSR count). The van der Waals surface area contributed by atoms with Crippen LogP contribution in [0.1, 0.15) is 108 Å². The van der Waals surface area contributed by atoms with Crippen LogP contribution in [0.3, 0.4) is 0 Å². The molecule has 1 N–H and O–H groups in total. The van der Waals surface area contributed by atoms with E-state index in [0.717, 1.165) is 43.5 Å². The van der Waals surface area contributed by atoms with Crippen molar-refractivity contribution >= 4 is 5.97 Å². The van der Waals surface area contributed by atoms with Gasteiger partial charge in [0.05, 0.1) is 0 Å². The summed E-state index contributed by atoms with van der Waals surface area (Å²) >= 11 is 0. The molecule has 202 valence electrons. The summed E-state index contributed by atoms with van der Waals surface area (Å²) in [6.07, 6.45) is 20.9. The van der Waals surface area contributed by atoms with Crippen molar-refractivity contribution in [3.8, 4) is 22.5 Å². The number of unbranched alkanes of at least 4 members (excludes halogenated alkanes) is 6. The van der Waals surface area contributed by atoms with E-state index in [4.69, 9.17) is 15.1 Å². The monoisotopic (exact) mass is 512 g/mol. The van der Waals surface area contributed by atoms with Gasteiger partial charge in [0.15, 0.2) is 5.82 Å². The van der Waals surface area contributed by atoms with Crippen molar-refractivity contribution in [2.75, 3.05) is 0 Å². The summed E-state index contributed by atoms with van der Waals surface area (Å²) in [6.45, 7) is 2.26. The average Bonchev–Trinajstić information content (AvgIpc) is 3.43. The minimum Gasteiger partial charge on any atom is -0.481 e. The molecular weight excluding hydrogens is 468 g/mol. The molecule has 0 saturated heterocycles. The van der Waals surface area contributed by atoms with Crippen LogP contribution in [0.5, 0.6) is 0 Å². The Kier molecular flexibility index (Phi) is 10.5. The van der Waals surface area contributed by atoms with E-state index >= 15 is 0 Å². The molecule has 0 radical (unpaired) electrons. The van der Waals surface area contributed by atoms with Gasteiger partial charge in [-0.2, -0.15) is 0 Å². The van der Waals surface area contributed by atoms with E-state index in [1.807, 2.05) is 0 Å². The molecule has 0 aliphatic heterocycles. The second-order valence-corrected chi connectivity index (χ2v) is 11.2. The average molecular weight is 513 g/mol. The van der Waals surface area contributed by atoms with Gasteiger partial charge in [-0.1, -0.05) is 107 Å². The van der Waals surface area contributed by atoms with E-state index in [-0.39, 0.29) is 11.8 Å². The van der Waals surface area contributed by atoms with Gasteiger partial charge in [-0.25, -0.2) is 9.97 Å². The Labute approximate surface area is 229 Å². The van der Waals surface area contributed by atoms with Crippen molar-refractivity contribution in [2.24, 2.45) is 0 Å². The van der Waals surface area contributed by atoms with Crippen molar-refractivity contribution < 1.29 is 9.90 Å². The Bertz CT molecular complexity index is 1110. The quantitative estimate of drug-likeness (QED) is 0.206. The van der Waals surface area contributed by atoms with Gasteiger partial charge in [-0.15, -0.1) is 0 Å². The predicted octanol–water partition coefficient (Wildman–Crippen LogP) is 9.17. The maximum Gasteiger partial charge on any atom is 0.303 e. The van der Waals surface area contributed by atoms with E-state index in [1.54, 1.807) is 0 Å². The lowest BCUT2D eigenvalue weighted by Gasteiger charge is -2.29. The molecule has 3 aromatic rings. The molecule has 0 unspecified atom stereocenters. The van der Waals surface area contributed by atoms with E-state index in [0.29, 0.717) is 0 Å². The summed E-state index contributed by atoms with van der Waals surface area (Å²) in [5.74, 6) is 0.0934. The van der Waals surface area contributed by atoms with Gasteiger partial charge in [-0.05, 0) is 66.2 Å². The molecule has 0 bridgehead atoms. The van der Waals surface area contributed by atoms with Crippen LogP contribution in [0.4, 0.5) is 0 Å². The highest BCUT2D eigenvalue weighted by atomic mass is 16.4. The van der Waals surface area contributed by atoms with E-state index in [9.17, 15) is 4.79 Å². The number of aryl methyl sites for hydroxylation is 1. The zero-order valence-corrected chi connectivity index (χ0v) is 23.1. The topological polar surface area (TPSA) is 63.1 Å². The highest BCUT2D eigenvalue weighted by molar-refractivity contribution is 5.68. The molecule has 4 heteroatoms. The zero-order chi connectivity index (χ0) is 26.6. The van der Waals surface area contributed by atoms with E-state index < -0.39 is 5.97 Å². The molecule has 2 aromatic carbocycles. The lowest BCUT2D eigenvalue weighted by molar-refractivity contribution is -0.137. The van der Waals surface area contributed by atoms with Gasteiger partial charge < -0.3 is 5.11 Å². The Morgan fingerprint density at radius 1 is 0.763 bits per heavy atom. The largest absolute Gasteiger partial charge is 0.481 e. The van der Waals surface area contributed by atoms with E-state index in [2.05, 4.69) is 67.8 Å². The van der Waals surface area contributed by atoms with Gasteiger partial charge in [0, 0.05) is 24.4 Å². The lowest BCUT2D eigenvalue weighted by atomic mass is 9.76. The summed E-state index contributed by atoms with van der Waals surface area (Å²) in [7, 11) is 0. The first-order valence-corrected chi connectivity index (χ1v) is 14.8. The number of benzene rings is 2. The van der Waals surface area contributed by atoms with Crippen molar-refractivity contribution in [2.45, 2.75) is 109 Å². The Hall–Kier alpha value is -3.01. The number of nitrogens with zero attached hydrogens (tertiary/aromatic N) is 2. The van der Waals surface area contributed by atoms with Gasteiger partial charge in [0.2, 0.25) is 0 Å². The van der Waals surface area contributed by atoms with Crippen LogP contribution in [-0.2, 0) is 16.6 Å². The van der Waals surface area contributed by atoms with Gasteiger partial charge in [0.25, 0.3) is 0 Å². The summed E-state index contributed by atoms with van der Waals surface area (Å²) in [5, 5.41) is 8.83. The van der Waals surface area contributed by atoms with Crippen LogP contribution >= 0.6 is 0 Å². The Morgan fingerprint density at radius 2 is 1.34 bits per heavy atom. The number of aliphatic carboxylic acids is 1. The van der Waals surface area contributed by atoms with Crippen molar-refractivity contribution in [1.29, 1.82) is 0 Å². The van der Waals surface area contributed by atoms with Crippen LogP contribution in [0.2, 0.25) is 0 Å². The van der Waals surface area contributed by atoms with Gasteiger partial charge >= 0.3 is 5.97 Å². The van der Waals surface area contributed by atoms with Crippen LogP contribution in [0.25, 0.3) is 22.5 Å². The SMILES string of the molecule is CCCCCCc1ccc(-c2ccc(-c3ncc(C4(CCCCCCC(=O)O)CCCC4)cn3)cc2)cc1. The van der Waals surface area contributed by atoms with Crippen LogP contribution < -0.4 is 0 Å². The smallest absolute Gasteiger partial charge is 0.303 e. The molecule has 1 aliphatic carbocycles. The van der Waals surface area contributed by atoms with Crippen LogP contribution in [0.15, 0.2) is 60.9 Å². The first kappa shape index (κ1) is 28.0. The maximum absolute atomic E-state index is 10.7. The standard InChI is InChI=1S/C34H44N2O2/c1-2-3-4-7-12-27-14-16-28(17-15-27)29-18-20-30(21-19-29)33-35-25-31(26-36-33)34(23-10-11-24-34)22-9-6-5-8-13-32(37)38/h14-21,25-26H,2-13,22-24H2,1H3,(H,37,38). The fourth-order valence-electron chi connectivity index (χ4n) is 6.01. The molecule has 0 atom stereocenters. The number of hydrogen-bond acceptors (Lipinski definition) is 3. The normalized spacial score (nSPS) is 14.6. The molecule has 1 saturated carbocycles. The predicted molar refractivity (Wildman–Crippen MR) is 156 cm³/mol. The fraction of sp³-hybridized carbons (Fsp3) is 0.500. The second kappa shape index (κ2) is 14.2. The number of hydrogen-bond donors (Lipinski definition) is 1. The van der Waals surface area contributed by atoms with Crippen LogP contribution in [0, 0.1) is 0 Å². The maximum atomic E-state index is 10.7. The number of carboxylic acids is 1. The minimum absolute atomic E-state index is 0.192. The van der Waals surface area contributed by atoms with Gasteiger partial charge in [-0.3, -0.25) is 4.79 Å². The second-order valence-electron chi connectivity index (χ2n) is 11.2. The molecule has 1 aromatic heterocycles. The molecule has 1 heterocycles. The third-order valence-corrected chi connectivity index (χ3v) is 8.37.